The van der Waals surface area contributed by atoms with Gasteiger partial charge in [-0.2, -0.15) is 0 Å². The molecule has 0 N–H and O–H groups in total. The molecule has 0 aromatic heterocycles. The van der Waals surface area contributed by atoms with Gasteiger partial charge in [0.15, 0.2) is 0 Å². The molecule has 0 bridgehead atoms. The van der Waals surface area contributed by atoms with Crippen LogP contribution in [0.25, 0.3) is 0 Å². The Hall–Kier alpha value is 0. The van der Waals surface area contributed by atoms with E-state index in [9.17, 15) is 0 Å². The zero-order valence-electron chi connectivity index (χ0n) is 9.59. The van der Waals surface area contributed by atoms with Gasteiger partial charge in [0.25, 0.3) is 0 Å². The van der Waals surface area contributed by atoms with E-state index in [1.165, 1.54) is 19.3 Å². The molecule has 0 nitrogen and oxygen atoms in total. The van der Waals surface area contributed by atoms with E-state index in [0.29, 0.717) is 0 Å². The molecule has 76 valence electrons. The van der Waals surface area contributed by atoms with Crippen molar-refractivity contribution in [3.05, 3.63) is 0 Å². The summed E-state index contributed by atoms with van der Waals surface area (Å²) in [4.78, 5) is 0. The minimum absolute atomic E-state index is 1.00. The lowest BCUT2D eigenvalue weighted by Gasteiger charge is -2.38. The molecule has 0 aromatic carbocycles. The van der Waals surface area contributed by atoms with E-state index in [4.69, 9.17) is 0 Å². The molecule has 0 amide bonds. The molecule has 2 aliphatic carbocycles. The average molecular weight is 180 g/mol. The summed E-state index contributed by atoms with van der Waals surface area (Å²) < 4.78 is 0. The molecule has 0 saturated heterocycles. The van der Waals surface area contributed by atoms with Crippen molar-refractivity contribution in [1.82, 2.24) is 0 Å². The lowest BCUT2D eigenvalue weighted by Crippen LogP contribution is -2.29. The van der Waals surface area contributed by atoms with E-state index in [2.05, 4.69) is 27.7 Å². The smallest absolute Gasteiger partial charge is 0.0355 e. The fourth-order valence-corrected chi connectivity index (χ4v) is 3.34. The topological polar surface area (TPSA) is 0 Å². The second-order valence-electron chi connectivity index (χ2n) is 5.81. The Morgan fingerprint density at radius 3 is 2.00 bits per heavy atom. The predicted octanol–water partition coefficient (Wildman–Crippen LogP) is 3.96. The van der Waals surface area contributed by atoms with Crippen LogP contribution in [0.2, 0.25) is 0 Å². The van der Waals surface area contributed by atoms with Crippen LogP contribution >= 0.6 is 0 Å². The third kappa shape index (κ3) is 1.65. The molecule has 2 rings (SSSR count). The maximum atomic E-state index is 2.48. The van der Waals surface area contributed by atoms with Crippen LogP contribution in [0.4, 0.5) is 0 Å². The fourth-order valence-electron chi connectivity index (χ4n) is 3.34. The van der Waals surface area contributed by atoms with Crippen LogP contribution in [0, 0.1) is 35.5 Å². The first-order valence-electron chi connectivity index (χ1n) is 6.11. The van der Waals surface area contributed by atoms with Crippen molar-refractivity contribution in [3.8, 4) is 0 Å². The highest BCUT2D eigenvalue weighted by molar-refractivity contribution is 4.93. The van der Waals surface area contributed by atoms with Crippen molar-refractivity contribution in [3.63, 3.8) is 0 Å². The van der Waals surface area contributed by atoms with E-state index in [1.807, 2.05) is 0 Å². The minimum Gasteiger partial charge on any atom is -0.0622 e. The van der Waals surface area contributed by atoms with E-state index >= 15 is 0 Å². The van der Waals surface area contributed by atoms with Crippen molar-refractivity contribution < 1.29 is 0 Å². The summed E-state index contributed by atoms with van der Waals surface area (Å²) in [6.07, 6.45) is 4.51. The summed E-state index contributed by atoms with van der Waals surface area (Å²) in [5.41, 5.74) is 0. The molecule has 13 heavy (non-hydrogen) atoms. The normalized spacial score (nSPS) is 51.2. The number of rotatable bonds is 3. The van der Waals surface area contributed by atoms with E-state index in [0.717, 1.165) is 35.5 Å². The second kappa shape index (κ2) is 3.29. The van der Waals surface area contributed by atoms with Gasteiger partial charge in [0.1, 0.15) is 0 Å². The molecule has 5 unspecified atom stereocenters. The van der Waals surface area contributed by atoms with Crippen LogP contribution in [0.1, 0.15) is 47.0 Å². The number of hydrogen-bond donors (Lipinski definition) is 0. The first-order valence-corrected chi connectivity index (χ1v) is 6.11. The van der Waals surface area contributed by atoms with E-state index < -0.39 is 0 Å². The Bertz CT molecular complexity index is 176. The molecule has 5 atom stereocenters. The zero-order chi connectivity index (χ0) is 9.59. The largest absolute Gasteiger partial charge is 0.0622 e. The van der Waals surface area contributed by atoms with Crippen molar-refractivity contribution >= 4 is 0 Å². The summed E-state index contributed by atoms with van der Waals surface area (Å²) in [5.74, 6) is 6.22. The maximum absolute atomic E-state index is 2.48. The summed E-state index contributed by atoms with van der Waals surface area (Å²) >= 11 is 0. The van der Waals surface area contributed by atoms with Gasteiger partial charge in [0, 0.05) is 0 Å². The van der Waals surface area contributed by atoms with Gasteiger partial charge >= 0.3 is 0 Å². The van der Waals surface area contributed by atoms with E-state index in [1.54, 1.807) is 0 Å². The maximum Gasteiger partial charge on any atom is -0.0355 e. The third-order valence-corrected chi connectivity index (χ3v) is 5.10. The Morgan fingerprint density at radius 1 is 1.08 bits per heavy atom. The van der Waals surface area contributed by atoms with Crippen molar-refractivity contribution in [2.24, 2.45) is 35.5 Å². The van der Waals surface area contributed by atoms with Crippen LogP contribution in [0.3, 0.4) is 0 Å². The molecule has 2 aliphatic rings. The molecule has 0 spiro atoms. The Balaban J connectivity index is 1.76. The Labute approximate surface area is 83.1 Å². The molecular weight excluding hydrogens is 156 g/mol. The Kier molecular flexibility index (Phi) is 2.42. The monoisotopic (exact) mass is 180 g/mol. The Morgan fingerprint density at radius 2 is 1.69 bits per heavy atom. The molecule has 0 heterocycles. The summed E-state index contributed by atoms with van der Waals surface area (Å²) in [6.45, 7) is 9.76. The minimum atomic E-state index is 1.00. The molecule has 0 aromatic rings. The van der Waals surface area contributed by atoms with Crippen LogP contribution in [0.15, 0.2) is 0 Å². The molecule has 0 aliphatic heterocycles. The standard InChI is InChI=1S/C13H24/c1-8-5-6-12(8)9(2)7-13-10(3)11(13)4/h8-13H,5-7H2,1-4H3. The van der Waals surface area contributed by atoms with Gasteiger partial charge in [-0.15, -0.1) is 0 Å². The highest BCUT2D eigenvalue weighted by Crippen LogP contribution is 2.52. The molecule has 0 radical (unpaired) electrons. The second-order valence-corrected chi connectivity index (χ2v) is 5.81. The molecule has 0 heteroatoms. The van der Waals surface area contributed by atoms with Crippen LogP contribution in [-0.2, 0) is 0 Å². The number of hydrogen-bond acceptors (Lipinski definition) is 0. The average Bonchev–Trinajstić information content (AvgIpc) is 2.59. The highest BCUT2D eigenvalue weighted by Gasteiger charge is 2.44. The van der Waals surface area contributed by atoms with Gasteiger partial charge in [-0.25, -0.2) is 0 Å². The lowest BCUT2D eigenvalue weighted by molar-refractivity contribution is 0.118. The predicted molar refractivity (Wildman–Crippen MR) is 57.5 cm³/mol. The van der Waals surface area contributed by atoms with Crippen molar-refractivity contribution in [2.75, 3.05) is 0 Å². The van der Waals surface area contributed by atoms with Gasteiger partial charge in [-0.1, -0.05) is 34.1 Å². The molecular formula is C13H24. The van der Waals surface area contributed by atoms with Gasteiger partial charge in [-0.05, 0) is 48.3 Å². The first-order chi connectivity index (χ1) is 6.11. The lowest BCUT2D eigenvalue weighted by atomic mass is 9.67. The first kappa shape index (κ1) is 9.55. The van der Waals surface area contributed by atoms with Gasteiger partial charge < -0.3 is 0 Å². The van der Waals surface area contributed by atoms with Gasteiger partial charge in [0.2, 0.25) is 0 Å². The summed E-state index contributed by atoms with van der Waals surface area (Å²) in [5, 5.41) is 0. The highest BCUT2D eigenvalue weighted by atomic mass is 14.5. The molecule has 2 saturated carbocycles. The van der Waals surface area contributed by atoms with Crippen molar-refractivity contribution in [1.29, 1.82) is 0 Å². The van der Waals surface area contributed by atoms with Gasteiger partial charge in [0.05, 0.1) is 0 Å². The van der Waals surface area contributed by atoms with Crippen molar-refractivity contribution in [2.45, 2.75) is 47.0 Å². The SMILES string of the molecule is CC1CCC1C(C)CC1C(C)C1C. The van der Waals surface area contributed by atoms with Crippen LogP contribution in [-0.4, -0.2) is 0 Å². The summed E-state index contributed by atoms with van der Waals surface area (Å²) in [7, 11) is 0. The van der Waals surface area contributed by atoms with Gasteiger partial charge in [-0.3, -0.25) is 0 Å². The zero-order valence-corrected chi connectivity index (χ0v) is 9.59. The fraction of sp³-hybridized carbons (Fsp3) is 1.00. The summed E-state index contributed by atoms with van der Waals surface area (Å²) in [6, 6.07) is 0. The third-order valence-electron chi connectivity index (χ3n) is 5.10. The van der Waals surface area contributed by atoms with Crippen LogP contribution in [0.5, 0.6) is 0 Å². The molecule has 2 fully saturated rings. The van der Waals surface area contributed by atoms with Crippen LogP contribution < -0.4 is 0 Å². The van der Waals surface area contributed by atoms with E-state index in [-0.39, 0.29) is 0 Å². The quantitative estimate of drug-likeness (QED) is 0.616.